The maximum atomic E-state index is 9.70. The van der Waals surface area contributed by atoms with Crippen molar-refractivity contribution >= 4 is 39.2 Å². The fourth-order valence-electron chi connectivity index (χ4n) is 2.58. The number of rotatable bonds is 3. The number of aromatic nitrogens is 5. The second kappa shape index (κ2) is 11.3. The second-order valence-electron chi connectivity index (χ2n) is 6.53. The molecular weight excluding hydrogens is 426 g/mol. The lowest BCUT2D eigenvalue weighted by Gasteiger charge is -2.04. The van der Waals surface area contributed by atoms with Crippen LogP contribution in [0.2, 0.25) is 0 Å². The molecule has 0 spiro atoms. The Hall–Kier alpha value is -2.62. The van der Waals surface area contributed by atoms with E-state index in [2.05, 4.69) is 46.8 Å². The lowest BCUT2D eigenvalue weighted by atomic mass is 10.4. The predicted molar refractivity (Wildman–Crippen MR) is 112 cm³/mol. The van der Waals surface area contributed by atoms with Crippen molar-refractivity contribution in [2.75, 3.05) is 5.32 Å². The highest BCUT2D eigenvalue weighted by Crippen LogP contribution is 2.24. The molecule has 4 N–H and O–H groups in total. The van der Waals surface area contributed by atoms with Gasteiger partial charge < -0.3 is 15.7 Å². The molecule has 28 heavy (non-hydrogen) atoms. The number of amides is 1. The van der Waals surface area contributed by atoms with Crippen LogP contribution < -0.4 is 10.6 Å². The van der Waals surface area contributed by atoms with Gasteiger partial charge >= 0.3 is 6.09 Å². The van der Waals surface area contributed by atoms with E-state index >= 15 is 0 Å². The van der Waals surface area contributed by atoms with Gasteiger partial charge in [0.1, 0.15) is 11.3 Å². The molecule has 0 atom stereocenters. The molecule has 4 rings (SSSR count). The average Bonchev–Trinajstić information content (AvgIpc) is 3.38. The smallest absolute Gasteiger partial charge is 0.404 e. The summed E-state index contributed by atoms with van der Waals surface area (Å²) in [6, 6.07) is 1.85. The fourth-order valence-corrected chi connectivity index (χ4v) is 3.04. The molecule has 1 fully saturated rings. The largest absolute Gasteiger partial charge is 0.465 e. The zero-order valence-electron chi connectivity index (χ0n) is 16.0. The van der Waals surface area contributed by atoms with Crippen molar-refractivity contribution in [3.63, 3.8) is 0 Å². The molecule has 3 heterocycles. The van der Waals surface area contributed by atoms with E-state index in [0.29, 0.717) is 0 Å². The minimum absolute atomic E-state index is 0.0255. The number of H-pyrrole nitrogens is 1. The molecule has 0 aromatic carbocycles. The maximum Gasteiger partial charge on any atom is 0.404 e. The molecule has 10 heteroatoms. The second-order valence-corrected chi connectivity index (χ2v) is 7.38. The number of aromatic amines is 1. The van der Waals surface area contributed by atoms with Crippen LogP contribution >= 0.6 is 15.9 Å². The highest BCUT2D eigenvalue weighted by molar-refractivity contribution is 9.10. The van der Waals surface area contributed by atoms with Crippen LogP contribution in [0, 0.1) is 0 Å². The summed E-state index contributed by atoms with van der Waals surface area (Å²) >= 11 is 3.43. The zero-order valence-corrected chi connectivity index (χ0v) is 17.6. The summed E-state index contributed by atoms with van der Waals surface area (Å²) in [5, 5.41) is 24.2. The zero-order chi connectivity index (χ0) is 20.4. The van der Waals surface area contributed by atoms with E-state index in [-0.39, 0.29) is 6.04 Å². The van der Waals surface area contributed by atoms with Crippen LogP contribution in [-0.4, -0.2) is 42.0 Å². The first kappa shape index (κ1) is 21.7. The van der Waals surface area contributed by atoms with E-state index in [4.69, 9.17) is 5.11 Å². The molecule has 1 saturated carbocycles. The number of anilines is 2. The van der Waals surface area contributed by atoms with Gasteiger partial charge in [0.2, 0.25) is 0 Å². The molecule has 152 valence electrons. The van der Waals surface area contributed by atoms with Gasteiger partial charge in [0.15, 0.2) is 5.82 Å². The summed E-state index contributed by atoms with van der Waals surface area (Å²) in [5.74, 6) is 1.50. The summed E-state index contributed by atoms with van der Waals surface area (Å²) in [4.78, 5) is 14.0. The lowest BCUT2D eigenvalue weighted by Crippen LogP contribution is -2.27. The van der Waals surface area contributed by atoms with Crippen LogP contribution in [0.3, 0.4) is 0 Å². The van der Waals surface area contributed by atoms with Gasteiger partial charge in [-0.3, -0.25) is 5.10 Å². The Balaban J connectivity index is 0.000000194. The number of hydrogen-bond donors (Lipinski definition) is 4. The Bertz CT molecular complexity index is 837. The number of carbonyl (C=O) groups is 1. The van der Waals surface area contributed by atoms with Crippen LogP contribution in [-0.2, 0) is 0 Å². The maximum absolute atomic E-state index is 9.70. The average molecular weight is 452 g/mol. The number of nitrogens with zero attached hydrogens (tertiary/aromatic N) is 4. The minimum atomic E-state index is -0.963. The van der Waals surface area contributed by atoms with Crippen molar-refractivity contribution in [1.29, 1.82) is 0 Å². The van der Waals surface area contributed by atoms with Gasteiger partial charge in [-0.2, -0.15) is 10.2 Å². The van der Waals surface area contributed by atoms with E-state index in [9.17, 15) is 4.79 Å². The third-order valence-electron chi connectivity index (χ3n) is 3.80. The Morgan fingerprint density at radius 3 is 2.43 bits per heavy atom. The first-order chi connectivity index (χ1) is 13.5. The number of halogens is 1. The van der Waals surface area contributed by atoms with Gasteiger partial charge in [0.05, 0.1) is 16.9 Å². The van der Waals surface area contributed by atoms with E-state index in [1.807, 2.05) is 6.07 Å². The topological polar surface area (TPSA) is 120 Å². The lowest BCUT2D eigenvalue weighted by molar-refractivity contribution is 0.191. The summed E-state index contributed by atoms with van der Waals surface area (Å²) in [6.45, 7) is 3.54. The molecule has 0 saturated heterocycles. The van der Waals surface area contributed by atoms with Crippen LogP contribution in [0.25, 0.3) is 5.52 Å². The van der Waals surface area contributed by atoms with Gasteiger partial charge in [-0.25, -0.2) is 14.3 Å². The summed E-state index contributed by atoms with van der Waals surface area (Å²) in [5.41, 5.74) is 0.886. The van der Waals surface area contributed by atoms with Crippen LogP contribution in [0.1, 0.15) is 46.0 Å². The van der Waals surface area contributed by atoms with Gasteiger partial charge in [0.25, 0.3) is 0 Å². The van der Waals surface area contributed by atoms with E-state index in [0.717, 1.165) is 21.6 Å². The monoisotopic (exact) mass is 451 g/mol. The summed E-state index contributed by atoms with van der Waals surface area (Å²) < 4.78 is 2.64. The Morgan fingerprint density at radius 2 is 1.93 bits per heavy atom. The van der Waals surface area contributed by atoms with E-state index < -0.39 is 6.09 Å². The third kappa shape index (κ3) is 7.18. The molecule has 0 unspecified atom stereocenters. The first-order valence-electron chi connectivity index (χ1n) is 9.21. The van der Waals surface area contributed by atoms with Crippen LogP contribution in [0.15, 0.2) is 35.3 Å². The molecule has 1 aliphatic carbocycles. The Morgan fingerprint density at radius 1 is 1.25 bits per heavy atom. The molecule has 0 bridgehead atoms. The highest BCUT2D eigenvalue weighted by Gasteiger charge is 2.08. The highest BCUT2D eigenvalue weighted by atomic mass is 79.9. The molecule has 1 amide bonds. The normalized spacial score (nSPS) is 12.7. The first-order valence-corrected chi connectivity index (χ1v) is 10.0. The van der Waals surface area contributed by atoms with Crippen molar-refractivity contribution in [3.8, 4) is 0 Å². The number of hydrogen-bond acceptors (Lipinski definition) is 5. The third-order valence-corrected chi connectivity index (χ3v) is 4.38. The van der Waals surface area contributed by atoms with Gasteiger partial charge in [-0.15, -0.1) is 0 Å². The molecule has 3 aromatic rings. The standard InChI is InChI=1S/C9H7BrN6.C5H10.C4H9NO2/c10-6-5-13-16-4-3-11-9(8(6)16)14-7-1-2-12-15-7;1-2-4-5-3-1;1-3(2)5-4(6)7/h1-5H,(H2,11,12,14,15);1-5H2;3,5H,1-2H3,(H,6,7). The van der Waals surface area contributed by atoms with Crippen LogP contribution in [0.5, 0.6) is 0 Å². The van der Waals surface area contributed by atoms with Crippen molar-refractivity contribution in [1.82, 2.24) is 30.1 Å². The molecule has 0 radical (unpaired) electrons. The predicted octanol–water partition coefficient (Wildman–Crippen LogP) is 4.57. The molecule has 1 aliphatic rings. The van der Waals surface area contributed by atoms with Gasteiger partial charge in [0, 0.05) is 24.5 Å². The number of nitrogens with one attached hydrogen (secondary N) is 3. The molecule has 9 nitrogen and oxygen atoms in total. The SMILES string of the molecule is Brc1cnn2ccnc(Nc3ccn[nH]3)c12.C1CCCC1.CC(C)NC(=O)O. The Labute approximate surface area is 172 Å². The summed E-state index contributed by atoms with van der Waals surface area (Å²) in [7, 11) is 0. The molecular formula is C18H26BrN7O2. The van der Waals surface area contributed by atoms with Crippen molar-refractivity contribution in [2.45, 2.75) is 52.0 Å². The van der Waals surface area contributed by atoms with Gasteiger partial charge in [-0.1, -0.05) is 32.1 Å². The quantitative estimate of drug-likeness (QED) is 0.462. The van der Waals surface area contributed by atoms with Crippen molar-refractivity contribution in [2.24, 2.45) is 0 Å². The summed E-state index contributed by atoms with van der Waals surface area (Å²) in [6.07, 6.45) is 13.4. The van der Waals surface area contributed by atoms with E-state index in [1.165, 1.54) is 32.1 Å². The van der Waals surface area contributed by atoms with Crippen molar-refractivity contribution < 1.29 is 9.90 Å². The number of fused-ring (bicyclic) bond motifs is 1. The number of carboxylic acid groups (broad SMARTS) is 1. The van der Waals surface area contributed by atoms with Gasteiger partial charge in [-0.05, 0) is 29.8 Å². The van der Waals surface area contributed by atoms with Crippen molar-refractivity contribution in [3.05, 3.63) is 35.3 Å². The molecule has 3 aromatic heterocycles. The van der Waals surface area contributed by atoms with E-state index in [1.54, 1.807) is 43.2 Å². The van der Waals surface area contributed by atoms with Crippen LogP contribution in [0.4, 0.5) is 16.4 Å². The minimum Gasteiger partial charge on any atom is -0.465 e. The fraction of sp³-hybridized carbons (Fsp3) is 0.444. The molecule has 0 aliphatic heterocycles. The Kier molecular flexibility index (Phi) is 8.73.